The van der Waals surface area contributed by atoms with E-state index in [1.54, 1.807) is 9.58 Å². The summed E-state index contributed by atoms with van der Waals surface area (Å²) in [5.41, 5.74) is 0.348. The van der Waals surface area contributed by atoms with Gasteiger partial charge in [0.25, 0.3) is 0 Å². The summed E-state index contributed by atoms with van der Waals surface area (Å²) >= 11 is 0. The van der Waals surface area contributed by atoms with Crippen LogP contribution in [0.3, 0.4) is 0 Å². The quantitative estimate of drug-likeness (QED) is 0.710. The molecule has 2 aliphatic rings. The molecule has 1 saturated carbocycles. The minimum absolute atomic E-state index is 0.0951. The molecule has 0 N–H and O–H groups in total. The zero-order valence-electron chi connectivity index (χ0n) is 17.6. The molecule has 2 atom stereocenters. The number of hydrogen-bond acceptors (Lipinski definition) is 4. The van der Waals surface area contributed by atoms with Crippen molar-refractivity contribution in [2.24, 2.45) is 5.92 Å². The Labute approximate surface area is 170 Å². The van der Waals surface area contributed by atoms with Crippen LogP contribution in [-0.4, -0.2) is 58.7 Å². The van der Waals surface area contributed by atoms with Gasteiger partial charge in [-0.1, -0.05) is 6.42 Å². The summed E-state index contributed by atoms with van der Waals surface area (Å²) in [6, 6.07) is 1.72. The van der Waals surface area contributed by atoms with Gasteiger partial charge >= 0.3 is 12.3 Å². The van der Waals surface area contributed by atoms with Gasteiger partial charge in [0.1, 0.15) is 5.60 Å². The molecule has 1 aromatic heterocycles. The summed E-state index contributed by atoms with van der Waals surface area (Å²) in [5.74, 6) is -0.480. The van der Waals surface area contributed by atoms with Gasteiger partial charge in [0.15, 0.2) is 5.82 Å². The molecule has 3 rings (SSSR count). The largest absolute Gasteiger partial charge is 0.444 e. The number of ether oxygens (including phenoxy) is 1. The van der Waals surface area contributed by atoms with Gasteiger partial charge in [0, 0.05) is 37.9 Å². The second kappa shape index (κ2) is 8.07. The van der Waals surface area contributed by atoms with E-state index < -0.39 is 17.7 Å². The highest BCUT2D eigenvalue weighted by Crippen LogP contribution is 2.42. The van der Waals surface area contributed by atoms with E-state index in [0.717, 1.165) is 17.9 Å². The Hall–Kier alpha value is -1.93. The SMILES string of the molecule is Cc1cc(N2CCN(C(=O)OC(C)(C)C)CC2)nn1C1CCCC(C(F)(F)F)C1. The first kappa shape index (κ1) is 21.8. The highest BCUT2D eigenvalue weighted by Gasteiger charge is 2.43. The van der Waals surface area contributed by atoms with Crippen LogP contribution in [0.5, 0.6) is 0 Å². The van der Waals surface area contributed by atoms with Crippen LogP contribution in [0, 0.1) is 12.8 Å². The number of nitrogens with zero attached hydrogens (tertiary/aromatic N) is 4. The van der Waals surface area contributed by atoms with Crippen LogP contribution in [0.2, 0.25) is 0 Å². The minimum Gasteiger partial charge on any atom is -0.444 e. The summed E-state index contributed by atoms with van der Waals surface area (Å²) < 4.78 is 46.6. The molecular formula is C20H31F3N4O2. The number of carbonyl (C=O) groups excluding carboxylic acids is 1. The lowest BCUT2D eigenvalue weighted by Gasteiger charge is -2.35. The summed E-state index contributed by atoms with van der Waals surface area (Å²) in [6.07, 6.45) is -2.86. The Bertz CT molecular complexity index is 718. The van der Waals surface area contributed by atoms with E-state index in [2.05, 4.69) is 10.00 Å². The molecule has 6 nitrogen and oxygen atoms in total. The number of alkyl halides is 3. The van der Waals surface area contributed by atoms with Crippen LogP contribution in [0.1, 0.15) is 58.2 Å². The maximum atomic E-state index is 13.2. The topological polar surface area (TPSA) is 50.6 Å². The molecular weight excluding hydrogens is 385 g/mol. The molecule has 2 heterocycles. The van der Waals surface area contributed by atoms with Gasteiger partial charge in [-0.3, -0.25) is 4.68 Å². The lowest BCUT2D eigenvalue weighted by atomic mass is 9.85. The summed E-state index contributed by atoms with van der Waals surface area (Å²) in [4.78, 5) is 16.0. The number of rotatable bonds is 2. The fourth-order valence-electron chi connectivity index (χ4n) is 4.12. The highest BCUT2D eigenvalue weighted by atomic mass is 19.4. The van der Waals surface area contributed by atoms with Crippen molar-refractivity contribution in [3.63, 3.8) is 0 Å². The molecule has 29 heavy (non-hydrogen) atoms. The summed E-state index contributed by atoms with van der Waals surface area (Å²) in [7, 11) is 0. The minimum atomic E-state index is -4.14. The standard InChI is InChI=1S/C20H31F3N4O2/c1-14-12-17(24-27(14)16-7-5-6-15(13-16)20(21,22)23)25-8-10-26(11-9-25)18(28)29-19(2,3)4/h12,15-16H,5-11,13H2,1-4H3. The van der Waals surface area contributed by atoms with E-state index in [0.29, 0.717) is 32.6 Å². The Kier molecular flexibility index (Phi) is 6.06. The number of carbonyl (C=O) groups is 1. The lowest BCUT2D eigenvalue weighted by Crippen LogP contribution is -2.50. The fourth-order valence-corrected chi connectivity index (χ4v) is 4.12. The van der Waals surface area contributed by atoms with Crippen LogP contribution >= 0.6 is 0 Å². The van der Waals surface area contributed by atoms with Crippen molar-refractivity contribution in [2.75, 3.05) is 31.1 Å². The summed E-state index contributed by atoms with van der Waals surface area (Å²) in [5, 5.41) is 4.64. The number of amides is 1. The average Bonchev–Trinajstić information content (AvgIpc) is 3.01. The Morgan fingerprint density at radius 3 is 2.38 bits per heavy atom. The first-order chi connectivity index (χ1) is 13.4. The van der Waals surface area contributed by atoms with Gasteiger partial charge in [0.05, 0.1) is 12.0 Å². The van der Waals surface area contributed by atoms with Gasteiger partial charge in [0.2, 0.25) is 0 Å². The van der Waals surface area contributed by atoms with Crippen molar-refractivity contribution in [3.8, 4) is 0 Å². The highest BCUT2D eigenvalue weighted by molar-refractivity contribution is 5.68. The fraction of sp³-hybridized carbons (Fsp3) is 0.800. The predicted molar refractivity (Wildman–Crippen MR) is 104 cm³/mol. The van der Waals surface area contributed by atoms with E-state index in [4.69, 9.17) is 4.74 Å². The lowest BCUT2D eigenvalue weighted by molar-refractivity contribution is -0.185. The normalized spacial score (nSPS) is 24.0. The van der Waals surface area contributed by atoms with E-state index in [-0.39, 0.29) is 25.0 Å². The molecule has 164 valence electrons. The van der Waals surface area contributed by atoms with Gasteiger partial charge < -0.3 is 14.5 Å². The van der Waals surface area contributed by atoms with Crippen LogP contribution < -0.4 is 4.90 Å². The van der Waals surface area contributed by atoms with E-state index in [1.807, 2.05) is 33.8 Å². The molecule has 1 saturated heterocycles. The molecule has 1 aliphatic heterocycles. The second-order valence-corrected chi connectivity index (χ2v) is 9.10. The van der Waals surface area contributed by atoms with Crippen molar-refractivity contribution < 1.29 is 22.7 Å². The Morgan fingerprint density at radius 2 is 1.79 bits per heavy atom. The van der Waals surface area contributed by atoms with Crippen molar-refractivity contribution in [2.45, 2.75) is 71.2 Å². The number of aromatic nitrogens is 2. The second-order valence-electron chi connectivity index (χ2n) is 9.10. The van der Waals surface area contributed by atoms with Crippen LogP contribution in [-0.2, 0) is 4.74 Å². The Balaban J connectivity index is 1.62. The molecule has 2 unspecified atom stereocenters. The molecule has 9 heteroatoms. The molecule has 1 aromatic rings. The number of hydrogen-bond donors (Lipinski definition) is 0. The number of anilines is 1. The van der Waals surface area contributed by atoms with Gasteiger partial charge in [-0.15, -0.1) is 0 Å². The summed E-state index contributed by atoms with van der Waals surface area (Å²) in [6.45, 7) is 9.70. The van der Waals surface area contributed by atoms with Crippen molar-refractivity contribution in [1.82, 2.24) is 14.7 Å². The maximum Gasteiger partial charge on any atom is 0.410 e. The number of halogens is 3. The van der Waals surface area contributed by atoms with E-state index >= 15 is 0 Å². The first-order valence-corrected chi connectivity index (χ1v) is 10.3. The average molecular weight is 416 g/mol. The molecule has 0 spiro atoms. The van der Waals surface area contributed by atoms with E-state index in [1.165, 1.54) is 0 Å². The number of aryl methyl sites for hydroxylation is 1. The van der Waals surface area contributed by atoms with Gasteiger partial charge in [-0.05, 0) is 47.0 Å². The van der Waals surface area contributed by atoms with Gasteiger partial charge in [-0.25, -0.2) is 4.79 Å². The van der Waals surface area contributed by atoms with Crippen molar-refractivity contribution in [1.29, 1.82) is 0 Å². The van der Waals surface area contributed by atoms with Crippen LogP contribution in [0.15, 0.2) is 6.07 Å². The molecule has 1 aliphatic carbocycles. The van der Waals surface area contributed by atoms with Crippen molar-refractivity contribution in [3.05, 3.63) is 11.8 Å². The smallest absolute Gasteiger partial charge is 0.410 e. The van der Waals surface area contributed by atoms with Crippen molar-refractivity contribution >= 4 is 11.9 Å². The van der Waals surface area contributed by atoms with Crippen LogP contribution in [0.25, 0.3) is 0 Å². The monoisotopic (exact) mass is 416 g/mol. The third-order valence-electron chi connectivity index (χ3n) is 5.62. The zero-order valence-corrected chi connectivity index (χ0v) is 17.6. The van der Waals surface area contributed by atoms with Crippen LogP contribution in [0.4, 0.5) is 23.8 Å². The Morgan fingerprint density at radius 1 is 1.14 bits per heavy atom. The molecule has 0 aromatic carbocycles. The molecule has 1 amide bonds. The molecule has 0 bridgehead atoms. The van der Waals surface area contributed by atoms with Gasteiger partial charge in [-0.2, -0.15) is 18.3 Å². The predicted octanol–water partition coefficient (Wildman–Crippen LogP) is 4.54. The molecule has 2 fully saturated rings. The number of piperazine rings is 1. The van der Waals surface area contributed by atoms with E-state index in [9.17, 15) is 18.0 Å². The maximum absolute atomic E-state index is 13.2. The molecule has 0 radical (unpaired) electrons. The first-order valence-electron chi connectivity index (χ1n) is 10.3. The third-order valence-corrected chi connectivity index (χ3v) is 5.62. The third kappa shape index (κ3) is 5.36. The zero-order chi connectivity index (χ0) is 21.4.